The number of nitrogens with one attached hydrogen (secondary N) is 1. The van der Waals surface area contributed by atoms with Gasteiger partial charge in [-0.15, -0.1) is 0 Å². The molecule has 1 aromatic carbocycles. The standard InChI is InChI=1S/C13H19Cl2N3O/c1-13(12(16)19,17-7-8-18(2)3)9-5-4-6-10(14)11(9)15/h4-6,17H,7-8H2,1-3H3,(H2,16,19). The van der Waals surface area contributed by atoms with Crippen LogP contribution in [0.15, 0.2) is 18.2 Å². The maximum absolute atomic E-state index is 11.8. The third-order valence-corrected chi connectivity index (χ3v) is 3.84. The number of primary amides is 1. The number of benzene rings is 1. The van der Waals surface area contributed by atoms with E-state index in [1.54, 1.807) is 25.1 Å². The monoisotopic (exact) mass is 303 g/mol. The summed E-state index contributed by atoms with van der Waals surface area (Å²) in [4.78, 5) is 13.8. The van der Waals surface area contributed by atoms with E-state index < -0.39 is 11.4 Å². The number of rotatable bonds is 6. The molecule has 0 aromatic heterocycles. The van der Waals surface area contributed by atoms with Gasteiger partial charge >= 0.3 is 0 Å². The first kappa shape index (κ1) is 16.2. The van der Waals surface area contributed by atoms with Crippen LogP contribution in [0.4, 0.5) is 0 Å². The van der Waals surface area contributed by atoms with Crippen LogP contribution in [0.3, 0.4) is 0 Å². The largest absolute Gasteiger partial charge is 0.368 e. The Morgan fingerprint density at radius 2 is 2.05 bits per heavy atom. The van der Waals surface area contributed by atoms with Crippen molar-refractivity contribution >= 4 is 29.1 Å². The molecule has 0 radical (unpaired) electrons. The molecule has 0 saturated heterocycles. The Bertz CT molecular complexity index is 465. The number of halogens is 2. The minimum atomic E-state index is -1.04. The van der Waals surface area contributed by atoms with Crippen molar-refractivity contribution in [3.63, 3.8) is 0 Å². The molecule has 0 fully saturated rings. The Balaban J connectivity index is 3.05. The summed E-state index contributed by atoms with van der Waals surface area (Å²) < 4.78 is 0. The van der Waals surface area contributed by atoms with Crippen molar-refractivity contribution in [1.29, 1.82) is 0 Å². The topological polar surface area (TPSA) is 58.4 Å². The molecule has 1 atom stereocenters. The lowest BCUT2D eigenvalue weighted by molar-refractivity contribution is -0.124. The predicted octanol–water partition coefficient (Wildman–Crippen LogP) is 1.85. The first-order valence-electron chi connectivity index (χ1n) is 5.93. The summed E-state index contributed by atoms with van der Waals surface area (Å²) >= 11 is 12.2. The molecule has 0 aliphatic rings. The first-order valence-corrected chi connectivity index (χ1v) is 6.68. The van der Waals surface area contributed by atoms with Gasteiger partial charge in [0, 0.05) is 18.7 Å². The van der Waals surface area contributed by atoms with Crippen molar-refractivity contribution in [3.8, 4) is 0 Å². The van der Waals surface area contributed by atoms with Gasteiger partial charge < -0.3 is 10.6 Å². The second-order valence-electron chi connectivity index (χ2n) is 4.82. The van der Waals surface area contributed by atoms with E-state index in [1.807, 2.05) is 19.0 Å². The molecule has 0 heterocycles. The Hall–Kier alpha value is -0.810. The van der Waals surface area contributed by atoms with Crippen LogP contribution in [0.1, 0.15) is 12.5 Å². The molecule has 0 spiro atoms. The number of amides is 1. The van der Waals surface area contributed by atoms with E-state index in [0.29, 0.717) is 22.2 Å². The van der Waals surface area contributed by atoms with E-state index in [0.717, 1.165) is 6.54 Å². The van der Waals surface area contributed by atoms with Gasteiger partial charge in [-0.25, -0.2) is 0 Å². The van der Waals surface area contributed by atoms with Crippen molar-refractivity contribution in [2.24, 2.45) is 5.73 Å². The quantitative estimate of drug-likeness (QED) is 0.843. The number of carbonyl (C=O) groups excluding carboxylic acids is 1. The third kappa shape index (κ3) is 3.83. The molecular formula is C13H19Cl2N3O. The number of nitrogens with zero attached hydrogens (tertiary/aromatic N) is 1. The highest BCUT2D eigenvalue weighted by Crippen LogP contribution is 2.33. The Morgan fingerprint density at radius 1 is 1.42 bits per heavy atom. The van der Waals surface area contributed by atoms with Gasteiger partial charge in [-0.05, 0) is 27.1 Å². The van der Waals surface area contributed by atoms with E-state index in [2.05, 4.69) is 5.32 Å². The zero-order valence-electron chi connectivity index (χ0n) is 11.3. The predicted molar refractivity (Wildman–Crippen MR) is 79.6 cm³/mol. The van der Waals surface area contributed by atoms with Crippen molar-refractivity contribution in [1.82, 2.24) is 10.2 Å². The van der Waals surface area contributed by atoms with Gasteiger partial charge in [0.15, 0.2) is 0 Å². The molecule has 4 nitrogen and oxygen atoms in total. The van der Waals surface area contributed by atoms with Crippen molar-refractivity contribution in [2.75, 3.05) is 27.2 Å². The molecule has 1 aromatic rings. The van der Waals surface area contributed by atoms with E-state index in [1.165, 1.54) is 0 Å². The van der Waals surface area contributed by atoms with Crippen LogP contribution in [0.5, 0.6) is 0 Å². The van der Waals surface area contributed by atoms with Crippen LogP contribution in [-0.4, -0.2) is 38.0 Å². The fourth-order valence-corrected chi connectivity index (χ4v) is 2.22. The van der Waals surface area contributed by atoms with Gasteiger partial charge in [-0.2, -0.15) is 0 Å². The van der Waals surface area contributed by atoms with E-state index in [4.69, 9.17) is 28.9 Å². The summed E-state index contributed by atoms with van der Waals surface area (Å²) in [5.41, 5.74) is 5.07. The van der Waals surface area contributed by atoms with Crippen molar-refractivity contribution in [2.45, 2.75) is 12.5 Å². The van der Waals surface area contributed by atoms with E-state index in [9.17, 15) is 4.79 Å². The Kier molecular flexibility index (Phi) is 5.62. The maximum atomic E-state index is 11.8. The highest BCUT2D eigenvalue weighted by Gasteiger charge is 2.34. The Labute approximate surface area is 123 Å². The molecule has 0 aliphatic heterocycles. The molecule has 3 N–H and O–H groups in total. The average molecular weight is 304 g/mol. The first-order chi connectivity index (χ1) is 8.79. The van der Waals surface area contributed by atoms with Gasteiger partial charge in [-0.3, -0.25) is 10.1 Å². The minimum absolute atomic E-state index is 0.350. The van der Waals surface area contributed by atoms with Gasteiger partial charge in [-0.1, -0.05) is 35.3 Å². The SMILES string of the molecule is CN(C)CCNC(C)(C(N)=O)c1cccc(Cl)c1Cl. The summed E-state index contributed by atoms with van der Waals surface area (Å²) in [7, 11) is 3.91. The second kappa shape index (κ2) is 6.57. The van der Waals surface area contributed by atoms with Crippen LogP contribution in [0.2, 0.25) is 10.0 Å². The number of hydrogen-bond donors (Lipinski definition) is 2. The van der Waals surface area contributed by atoms with Crippen molar-refractivity contribution in [3.05, 3.63) is 33.8 Å². The summed E-state index contributed by atoms with van der Waals surface area (Å²) in [6, 6.07) is 5.18. The molecule has 0 aliphatic carbocycles. The smallest absolute Gasteiger partial charge is 0.242 e. The summed E-state index contributed by atoms with van der Waals surface area (Å²) in [6.07, 6.45) is 0. The molecule has 0 bridgehead atoms. The summed E-state index contributed by atoms with van der Waals surface area (Å²) in [5.74, 6) is -0.490. The van der Waals surface area contributed by atoms with Crippen LogP contribution in [-0.2, 0) is 10.3 Å². The highest BCUT2D eigenvalue weighted by molar-refractivity contribution is 6.42. The number of likely N-dealkylation sites (N-methyl/N-ethyl adjacent to an activating group) is 1. The number of hydrogen-bond acceptors (Lipinski definition) is 3. The minimum Gasteiger partial charge on any atom is -0.368 e. The lowest BCUT2D eigenvalue weighted by Gasteiger charge is -2.30. The van der Waals surface area contributed by atoms with Gasteiger partial charge in [0.2, 0.25) is 5.91 Å². The lowest BCUT2D eigenvalue weighted by atomic mass is 9.91. The fourth-order valence-electron chi connectivity index (χ4n) is 1.73. The zero-order chi connectivity index (χ0) is 14.6. The molecule has 6 heteroatoms. The molecular weight excluding hydrogens is 285 g/mol. The molecule has 106 valence electrons. The second-order valence-corrected chi connectivity index (χ2v) is 5.61. The van der Waals surface area contributed by atoms with Gasteiger partial charge in [0.25, 0.3) is 0 Å². The number of nitrogens with two attached hydrogens (primary N) is 1. The fraction of sp³-hybridized carbons (Fsp3) is 0.462. The molecule has 0 saturated carbocycles. The normalized spacial score (nSPS) is 14.4. The maximum Gasteiger partial charge on any atom is 0.242 e. The molecule has 1 amide bonds. The van der Waals surface area contributed by atoms with E-state index >= 15 is 0 Å². The third-order valence-electron chi connectivity index (χ3n) is 3.02. The molecule has 19 heavy (non-hydrogen) atoms. The summed E-state index contributed by atoms with van der Waals surface area (Å²) in [6.45, 7) is 3.10. The average Bonchev–Trinajstić information content (AvgIpc) is 2.31. The van der Waals surface area contributed by atoms with Crippen LogP contribution < -0.4 is 11.1 Å². The van der Waals surface area contributed by atoms with Gasteiger partial charge in [0.05, 0.1) is 10.0 Å². The molecule has 1 rings (SSSR count). The lowest BCUT2D eigenvalue weighted by Crippen LogP contribution is -2.52. The number of carbonyl (C=O) groups is 1. The molecule has 1 unspecified atom stereocenters. The Morgan fingerprint density at radius 3 is 2.58 bits per heavy atom. The van der Waals surface area contributed by atoms with Crippen molar-refractivity contribution < 1.29 is 4.79 Å². The van der Waals surface area contributed by atoms with Crippen LogP contribution in [0, 0.1) is 0 Å². The van der Waals surface area contributed by atoms with Crippen LogP contribution >= 0.6 is 23.2 Å². The highest BCUT2D eigenvalue weighted by atomic mass is 35.5. The van der Waals surface area contributed by atoms with Gasteiger partial charge in [0.1, 0.15) is 5.54 Å². The van der Waals surface area contributed by atoms with Crippen LogP contribution in [0.25, 0.3) is 0 Å². The summed E-state index contributed by atoms with van der Waals surface area (Å²) in [5, 5.41) is 3.91. The van der Waals surface area contributed by atoms with E-state index in [-0.39, 0.29) is 0 Å². The zero-order valence-corrected chi connectivity index (χ0v) is 12.8.